The van der Waals surface area contributed by atoms with Gasteiger partial charge in [0.1, 0.15) is 5.58 Å². The quantitative estimate of drug-likeness (QED) is 0.569. The third-order valence-corrected chi connectivity index (χ3v) is 5.29. The lowest BCUT2D eigenvalue weighted by atomic mass is 10.0. The van der Waals surface area contributed by atoms with Crippen LogP contribution in [0, 0.1) is 13.8 Å². The van der Waals surface area contributed by atoms with Crippen molar-refractivity contribution in [2.24, 2.45) is 0 Å². The van der Waals surface area contributed by atoms with Gasteiger partial charge in [0.15, 0.2) is 6.61 Å². The van der Waals surface area contributed by atoms with Crippen LogP contribution < -0.4 is 10.6 Å². The van der Waals surface area contributed by atoms with Crippen LogP contribution in [0.5, 0.6) is 0 Å². The topological polar surface area (TPSA) is 97.6 Å². The first-order valence-electron chi connectivity index (χ1n) is 10.2. The van der Waals surface area contributed by atoms with Crippen LogP contribution >= 0.6 is 0 Å². The Hall–Kier alpha value is -3.61. The Morgan fingerprint density at radius 2 is 1.87 bits per heavy atom. The van der Waals surface area contributed by atoms with E-state index in [9.17, 15) is 14.4 Å². The molecule has 31 heavy (non-hydrogen) atoms. The molecule has 0 atom stereocenters. The van der Waals surface area contributed by atoms with Crippen LogP contribution in [0.15, 0.2) is 47.1 Å². The maximum atomic E-state index is 12.2. The van der Waals surface area contributed by atoms with Crippen LogP contribution in [0.25, 0.3) is 11.0 Å². The molecule has 2 N–H and O–H groups in total. The Labute approximate surface area is 179 Å². The van der Waals surface area contributed by atoms with Crippen LogP contribution in [0.2, 0.25) is 0 Å². The number of benzene rings is 2. The summed E-state index contributed by atoms with van der Waals surface area (Å²) in [5, 5.41) is 6.42. The van der Waals surface area contributed by atoms with Gasteiger partial charge in [0.2, 0.25) is 0 Å². The maximum Gasteiger partial charge on any atom is 0.310 e. The number of anilines is 1. The number of fused-ring (bicyclic) bond motifs is 1. The normalized spacial score (nSPS) is 13.1. The lowest BCUT2D eigenvalue weighted by Gasteiger charge is -2.08. The van der Waals surface area contributed by atoms with Crippen molar-refractivity contribution in [3.63, 3.8) is 0 Å². The van der Waals surface area contributed by atoms with E-state index in [4.69, 9.17) is 9.15 Å². The number of amides is 2. The van der Waals surface area contributed by atoms with E-state index in [1.165, 1.54) is 0 Å². The third kappa shape index (κ3) is 5.12. The Balaban J connectivity index is 1.30. The Morgan fingerprint density at radius 1 is 1.10 bits per heavy atom. The average Bonchev–Trinajstić information content (AvgIpc) is 3.48. The van der Waals surface area contributed by atoms with E-state index < -0.39 is 18.5 Å². The van der Waals surface area contributed by atoms with Crippen molar-refractivity contribution in [2.45, 2.75) is 39.2 Å². The van der Waals surface area contributed by atoms with Crippen LogP contribution in [0.4, 0.5) is 5.69 Å². The van der Waals surface area contributed by atoms with Crippen LogP contribution in [-0.2, 0) is 20.7 Å². The number of nitrogens with one attached hydrogen (secondary N) is 2. The zero-order chi connectivity index (χ0) is 22.0. The number of hydrogen-bond donors (Lipinski definition) is 2. The fourth-order valence-electron chi connectivity index (χ4n) is 3.26. The summed E-state index contributed by atoms with van der Waals surface area (Å²) in [6.07, 6.45) is 3.56. The second kappa shape index (κ2) is 8.63. The van der Waals surface area contributed by atoms with E-state index in [0.717, 1.165) is 34.9 Å². The second-order valence-corrected chi connectivity index (χ2v) is 7.91. The molecule has 1 aliphatic rings. The summed E-state index contributed by atoms with van der Waals surface area (Å²) >= 11 is 0. The highest BCUT2D eigenvalue weighted by molar-refractivity contribution is 5.98. The minimum atomic E-state index is -0.520. The lowest BCUT2D eigenvalue weighted by molar-refractivity contribution is -0.146. The van der Waals surface area contributed by atoms with Crippen LogP contribution in [-0.4, -0.2) is 30.4 Å². The smallest absolute Gasteiger partial charge is 0.310 e. The highest BCUT2D eigenvalue weighted by Crippen LogP contribution is 2.25. The fourth-order valence-corrected chi connectivity index (χ4v) is 3.26. The molecule has 0 saturated heterocycles. The molecule has 1 heterocycles. The SMILES string of the molecule is Cc1cc2occ(CC(=O)OCC(=O)Nc3cccc(C(=O)NC4CC4)c3)c2cc1C. The molecule has 2 aromatic carbocycles. The first kappa shape index (κ1) is 20.7. The van der Waals surface area contributed by atoms with Gasteiger partial charge in [-0.2, -0.15) is 0 Å². The number of carbonyl (C=O) groups excluding carboxylic acids is 3. The molecule has 0 unspecified atom stereocenters. The number of aryl methyl sites for hydroxylation is 2. The molecule has 4 rings (SSSR count). The van der Waals surface area contributed by atoms with E-state index in [2.05, 4.69) is 10.6 Å². The van der Waals surface area contributed by atoms with Gasteiger partial charge in [-0.15, -0.1) is 0 Å². The summed E-state index contributed by atoms with van der Waals surface area (Å²) in [7, 11) is 0. The van der Waals surface area contributed by atoms with Crippen molar-refractivity contribution in [3.8, 4) is 0 Å². The summed E-state index contributed by atoms with van der Waals surface area (Å²) in [6, 6.07) is 10.8. The molecular formula is C24H24N2O5. The number of ether oxygens (including phenoxy) is 1. The number of rotatable bonds is 7. The van der Waals surface area contributed by atoms with Crippen molar-refractivity contribution in [1.82, 2.24) is 5.32 Å². The summed E-state index contributed by atoms with van der Waals surface area (Å²) in [5.74, 6) is -1.16. The van der Waals surface area contributed by atoms with Gasteiger partial charge in [0.25, 0.3) is 11.8 Å². The van der Waals surface area contributed by atoms with Crippen LogP contribution in [0.1, 0.15) is 39.9 Å². The van der Waals surface area contributed by atoms with Gasteiger partial charge < -0.3 is 19.8 Å². The van der Waals surface area contributed by atoms with Crippen molar-refractivity contribution in [3.05, 3.63) is 64.9 Å². The molecule has 7 nitrogen and oxygen atoms in total. The molecule has 0 radical (unpaired) electrons. The fraction of sp³-hybridized carbons (Fsp3) is 0.292. The molecule has 2 amide bonds. The molecule has 1 saturated carbocycles. The van der Waals surface area contributed by atoms with E-state index in [1.807, 2.05) is 26.0 Å². The monoisotopic (exact) mass is 420 g/mol. The summed E-state index contributed by atoms with van der Waals surface area (Å²) in [6.45, 7) is 3.59. The summed E-state index contributed by atoms with van der Waals surface area (Å²) < 4.78 is 10.6. The number of furan rings is 1. The highest BCUT2D eigenvalue weighted by atomic mass is 16.5. The molecule has 0 spiro atoms. The standard InChI is InChI=1S/C24H24N2O5/c1-14-8-20-17(12-30-21(20)9-15(14)2)11-23(28)31-13-22(27)25-19-5-3-4-16(10-19)24(29)26-18-6-7-18/h3-5,8-10,12,18H,6-7,11,13H2,1-2H3,(H,25,27)(H,26,29). The van der Waals surface area contributed by atoms with Gasteiger partial charge in [0.05, 0.1) is 12.7 Å². The van der Waals surface area contributed by atoms with Crippen molar-refractivity contribution < 1.29 is 23.5 Å². The second-order valence-electron chi connectivity index (χ2n) is 7.91. The number of hydrogen-bond acceptors (Lipinski definition) is 5. The zero-order valence-corrected chi connectivity index (χ0v) is 17.5. The molecule has 0 aliphatic heterocycles. The number of carbonyl (C=O) groups is 3. The zero-order valence-electron chi connectivity index (χ0n) is 17.5. The third-order valence-electron chi connectivity index (χ3n) is 5.29. The average molecular weight is 420 g/mol. The molecule has 1 aliphatic carbocycles. The molecule has 3 aromatic rings. The molecule has 1 fully saturated rings. The lowest BCUT2D eigenvalue weighted by Crippen LogP contribution is -2.25. The molecule has 7 heteroatoms. The molecule has 160 valence electrons. The Bertz CT molecular complexity index is 1160. The van der Waals surface area contributed by atoms with Gasteiger partial charge in [-0.1, -0.05) is 6.07 Å². The Kier molecular flexibility index (Phi) is 5.75. The predicted molar refractivity (Wildman–Crippen MR) is 116 cm³/mol. The molecule has 1 aromatic heterocycles. The van der Waals surface area contributed by atoms with Gasteiger partial charge in [-0.05, 0) is 68.1 Å². The summed E-state index contributed by atoms with van der Waals surface area (Å²) in [5.41, 5.74) is 4.60. The van der Waals surface area contributed by atoms with E-state index >= 15 is 0 Å². The van der Waals surface area contributed by atoms with Crippen molar-refractivity contribution >= 4 is 34.4 Å². The summed E-state index contributed by atoms with van der Waals surface area (Å²) in [4.78, 5) is 36.5. The highest BCUT2D eigenvalue weighted by Gasteiger charge is 2.23. The predicted octanol–water partition coefficient (Wildman–Crippen LogP) is 3.67. The first-order chi connectivity index (χ1) is 14.9. The minimum absolute atomic E-state index is 0.0135. The molecular weight excluding hydrogens is 396 g/mol. The van der Waals surface area contributed by atoms with Crippen molar-refractivity contribution in [2.75, 3.05) is 11.9 Å². The minimum Gasteiger partial charge on any atom is -0.464 e. The van der Waals surface area contributed by atoms with E-state index in [-0.39, 0.29) is 18.4 Å². The molecule has 0 bridgehead atoms. The van der Waals surface area contributed by atoms with Gasteiger partial charge in [-0.25, -0.2) is 0 Å². The van der Waals surface area contributed by atoms with Gasteiger partial charge in [0, 0.05) is 28.2 Å². The van der Waals surface area contributed by atoms with Crippen LogP contribution in [0.3, 0.4) is 0 Å². The number of esters is 1. The van der Waals surface area contributed by atoms with Gasteiger partial charge in [-0.3, -0.25) is 14.4 Å². The maximum absolute atomic E-state index is 12.2. The van der Waals surface area contributed by atoms with E-state index in [1.54, 1.807) is 30.5 Å². The first-order valence-corrected chi connectivity index (χ1v) is 10.2. The Morgan fingerprint density at radius 3 is 2.65 bits per heavy atom. The van der Waals surface area contributed by atoms with E-state index in [0.29, 0.717) is 16.8 Å². The largest absolute Gasteiger partial charge is 0.464 e. The van der Waals surface area contributed by atoms with Gasteiger partial charge >= 0.3 is 5.97 Å². The van der Waals surface area contributed by atoms with Crippen molar-refractivity contribution in [1.29, 1.82) is 0 Å².